The lowest BCUT2D eigenvalue weighted by molar-refractivity contribution is 0.0415. The van der Waals surface area contributed by atoms with Crippen molar-refractivity contribution in [2.24, 2.45) is 0 Å². The first-order valence-electron chi connectivity index (χ1n) is 5.98. The molecule has 0 bridgehead atoms. The van der Waals surface area contributed by atoms with Gasteiger partial charge < -0.3 is 0 Å². The first-order valence-corrected chi connectivity index (χ1v) is 5.98. The number of nitrogens with zero attached hydrogens (tertiary/aromatic N) is 4. The van der Waals surface area contributed by atoms with E-state index in [1.54, 1.807) is 0 Å². The van der Waals surface area contributed by atoms with Crippen molar-refractivity contribution in [1.82, 2.24) is 9.80 Å². The summed E-state index contributed by atoms with van der Waals surface area (Å²) in [6.07, 6.45) is 2.08. The molecule has 1 aliphatic rings. The molecule has 0 unspecified atom stereocenters. The SMILES string of the molecule is CC[C@@H]1CN(CC#N)[C@@H](CC)CN1CC#N. The average molecular weight is 220 g/mol. The fourth-order valence-electron chi connectivity index (χ4n) is 2.41. The van der Waals surface area contributed by atoms with Gasteiger partial charge in [-0.2, -0.15) is 10.5 Å². The van der Waals surface area contributed by atoms with Crippen molar-refractivity contribution in [2.75, 3.05) is 26.2 Å². The normalized spacial score (nSPS) is 27.2. The molecule has 16 heavy (non-hydrogen) atoms. The quantitative estimate of drug-likeness (QED) is 0.668. The summed E-state index contributed by atoms with van der Waals surface area (Å²) in [6, 6.07) is 5.32. The topological polar surface area (TPSA) is 54.1 Å². The molecule has 1 rings (SSSR count). The van der Waals surface area contributed by atoms with E-state index in [0.29, 0.717) is 25.2 Å². The van der Waals surface area contributed by atoms with Crippen LogP contribution >= 0.6 is 0 Å². The molecule has 0 aromatic carbocycles. The summed E-state index contributed by atoms with van der Waals surface area (Å²) in [6.45, 7) is 7.15. The van der Waals surface area contributed by atoms with Crippen LogP contribution in [-0.4, -0.2) is 48.1 Å². The standard InChI is InChI=1S/C12H20N4/c1-3-11-9-16(8-6-14)12(4-2)10-15(11)7-5-13/h11-12H,3-4,7-10H2,1-2H3/t11-,12+. The summed E-state index contributed by atoms with van der Waals surface area (Å²) < 4.78 is 0. The summed E-state index contributed by atoms with van der Waals surface area (Å²) >= 11 is 0. The highest BCUT2D eigenvalue weighted by Gasteiger charge is 2.31. The van der Waals surface area contributed by atoms with E-state index < -0.39 is 0 Å². The Hall–Kier alpha value is -1.10. The van der Waals surface area contributed by atoms with Crippen molar-refractivity contribution < 1.29 is 0 Å². The molecule has 0 amide bonds. The maximum atomic E-state index is 8.80. The Kier molecular flexibility index (Phi) is 5.25. The molecule has 88 valence electrons. The third-order valence-electron chi connectivity index (χ3n) is 3.41. The summed E-state index contributed by atoms with van der Waals surface area (Å²) in [5, 5.41) is 17.6. The van der Waals surface area contributed by atoms with E-state index in [2.05, 4.69) is 35.8 Å². The van der Waals surface area contributed by atoms with Gasteiger partial charge >= 0.3 is 0 Å². The largest absolute Gasteiger partial charge is 0.285 e. The minimum absolute atomic E-state index is 0.427. The highest BCUT2D eigenvalue weighted by Crippen LogP contribution is 2.18. The van der Waals surface area contributed by atoms with Gasteiger partial charge in [0.1, 0.15) is 0 Å². The lowest BCUT2D eigenvalue weighted by Gasteiger charge is -2.44. The minimum atomic E-state index is 0.427. The molecule has 4 heteroatoms. The zero-order valence-electron chi connectivity index (χ0n) is 10.2. The van der Waals surface area contributed by atoms with Gasteiger partial charge in [-0.15, -0.1) is 0 Å². The van der Waals surface area contributed by atoms with Crippen LogP contribution in [0.2, 0.25) is 0 Å². The Labute approximate surface area is 98.1 Å². The molecular formula is C12H20N4. The molecule has 0 aromatic rings. The molecule has 1 heterocycles. The third kappa shape index (κ3) is 2.95. The van der Waals surface area contributed by atoms with Crippen molar-refractivity contribution in [3.63, 3.8) is 0 Å². The number of hydrogen-bond donors (Lipinski definition) is 0. The predicted molar refractivity (Wildman–Crippen MR) is 62.5 cm³/mol. The molecule has 4 nitrogen and oxygen atoms in total. The van der Waals surface area contributed by atoms with Crippen LogP contribution < -0.4 is 0 Å². The van der Waals surface area contributed by atoms with Crippen LogP contribution in [0.1, 0.15) is 26.7 Å². The van der Waals surface area contributed by atoms with Gasteiger partial charge in [-0.05, 0) is 12.8 Å². The molecule has 1 aliphatic heterocycles. The van der Waals surface area contributed by atoms with E-state index in [1.165, 1.54) is 0 Å². The molecule has 0 aromatic heterocycles. The first-order chi connectivity index (χ1) is 7.76. The van der Waals surface area contributed by atoms with E-state index >= 15 is 0 Å². The highest BCUT2D eigenvalue weighted by atomic mass is 15.3. The van der Waals surface area contributed by atoms with Crippen LogP contribution in [0.4, 0.5) is 0 Å². The maximum Gasteiger partial charge on any atom is 0.0869 e. The zero-order valence-corrected chi connectivity index (χ0v) is 10.2. The molecule has 1 fully saturated rings. The molecule has 1 saturated heterocycles. The Bertz CT molecular complexity index is 258. The monoisotopic (exact) mass is 220 g/mol. The van der Waals surface area contributed by atoms with Gasteiger partial charge in [0.25, 0.3) is 0 Å². The average Bonchev–Trinajstić information content (AvgIpc) is 2.31. The lowest BCUT2D eigenvalue weighted by Crippen LogP contribution is -2.57. The maximum absolute atomic E-state index is 8.80. The molecule has 0 N–H and O–H groups in total. The van der Waals surface area contributed by atoms with Crippen molar-refractivity contribution in [3.8, 4) is 12.1 Å². The zero-order chi connectivity index (χ0) is 12.0. The van der Waals surface area contributed by atoms with Gasteiger partial charge in [0, 0.05) is 25.2 Å². The van der Waals surface area contributed by atoms with Crippen LogP contribution in [0.15, 0.2) is 0 Å². The highest BCUT2D eigenvalue weighted by molar-refractivity contribution is 4.94. The van der Waals surface area contributed by atoms with E-state index in [4.69, 9.17) is 10.5 Å². The summed E-state index contributed by atoms with van der Waals surface area (Å²) in [4.78, 5) is 4.50. The van der Waals surface area contributed by atoms with Gasteiger partial charge in [-0.25, -0.2) is 0 Å². The van der Waals surface area contributed by atoms with E-state index in [9.17, 15) is 0 Å². The van der Waals surface area contributed by atoms with E-state index in [-0.39, 0.29) is 0 Å². The van der Waals surface area contributed by atoms with Crippen LogP contribution in [0, 0.1) is 22.7 Å². The Morgan fingerprint density at radius 3 is 1.56 bits per heavy atom. The Morgan fingerprint density at radius 2 is 1.31 bits per heavy atom. The summed E-state index contributed by atoms with van der Waals surface area (Å²) in [7, 11) is 0. The molecule has 0 radical (unpaired) electrons. The second kappa shape index (κ2) is 6.48. The molecule has 0 saturated carbocycles. The smallest absolute Gasteiger partial charge is 0.0869 e. The van der Waals surface area contributed by atoms with E-state index in [1.807, 2.05) is 0 Å². The second-order valence-corrected chi connectivity index (χ2v) is 4.30. The van der Waals surface area contributed by atoms with Crippen molar-refractivity contribution in [3.05, 3.63) is 0 Å². The van der Waals surface area contributed by atoms with E-state index in [0.717, 1.165) is 25.9 Å². The number of rotatable bonds is 4. The number of hydrogen-bond acceptors (Lipinski definition) is 4. The Balaban J connectivity index is 2.68. The van der Waals surface area contributed by atoms with Crippen molar-refractivity contribution in [2.45, 2.75) is 38.8 Å². The van der Waals surface area contributed by atoms with Crippen molar-refractivity contribution in [1.29, 1.82) is 10.5 Å². The van der Waals surface area contributed by atoms with Crippen LogP contribution in [-0.2, 0) is 0 Å². The van der Waals surface area contributed by atoms with Gasteiger partial charge in [0.15, 0.2) is 0 Å². The molecular weight excluding hydrogens is 200 g/mol. The number of piperazine rings is 1. The first kappa shape index (κ1) is 13.0. The Morgan fingerprint density at radius 1 is 0.938 bits per heavy atom. The third-order valence-corrected chi connectivity index (χ3v) is 3.41. The fourth-order valence-corrected chi connectivity index (χ4v) is 2.41. The molecule has 0 aliphatic carbocycles. The number of nitriles is 2. The minimum Gasteiger partial charge on any atom is -0.285 e. The summed E-state index contributed by atoms with van der Waals surface area (Å²) in [5.41, 5.74) is 0. The van der Waals surface area contributed by atoms with Crippen molar-refractivity contribution >= 4 is 0 Å². The molecule has 2 atom stereocenters. The van der Waals surface area contributed by atoms with Gasteiger partial charge in [-0.3, -0.25) is 9.80 Å². The van der Waals surface area contributed by atoms with Crippen LogP contribution in [0.3, 0.4) is 0 Å². The second-order valence-electron chi connectivity index (χ2n) is 4.30. The van der Waals surface area contributed by atoms with Gasteiger partial charge in [0.05, 0.1) is 25.2 Å². The fraction of sp³-hybridized carbons (Fsp3) is 0.833. The van der Waals surface area contributed by atoms with Gasteiger partial charge in [0.2, 0.25) is 0 Å². The molecule has 0 spiro atoms. The van der Waals surface area contributed by atoms with Crippen LogP contribution in [0.25, 0.3) is 0 Å². The summed E-state index contributed by atoms with van der Waals surface area (Å²) in [5.74, 6) is 0. The lowest BCUT2D eigenvalue weighted by atomic mass is 10.0. The van der Waals surface area contributed by atoms with Crippen LogP contribution in [0.5, 0.6) is 0 Å². The van der Waals surface area contributed by atoms with Gasteiger partial charge in [-0.1, -0.05) is 13.8 Å². The predicted octanol–water partition coefficient (Wildman–Crippen LogP) is 1.21.